The van der Waals surface area contributed by atoms with Gasteiger partial charge in [-0.2, -0.15) is 5.10 Å². The number of carbonyl (C=O) groups is 1. The van der Waals surface area contributed by atoms with Crippen molar-refractivity contribution in [1.29, 1.82) is 0 Å². The number of primary amides is 1. The molecule has 0 spiro atoms. The third-order valence-corrected chi connectivity index (χ3v) is 13.4. The Labute approximate surface area is 260 Å². The highest BCUT2D eigenvalue weighted by molar-refractivity contribution is 6.74. The number of aromatic amines is 1. The zero-order valence-electron chi connectivity index (χ0n) is 26.1. The maximum atomic E-state index is 14.2. The van der Waals surface area contributed by atoms with Crippen molar-refractivity contribution in [1.82, 2.24) is 24.3 Å². The van der Waals surface area contributed by atoms with Crippen LogP contribution in [0.15, 0.2) is 78.1 Å². The molecule has 0 bridgehead atoms. The minimum Gasteiger partial charge on any atom is -0.412 e. The molecule has 0 radical (unpaired) electrons. The maximum Gasteiger partial charge on any atom is 0.265 e. The first kappa shape index (κ1) is 30.2. The Balaban J connectivity index is 1.62. The lowest BCUT2D eigenvalue weighted by Gasteiger charge is -2.36. The largest absolute Gasteiger partial charge is 0.412 e. The van der Waals surface area contributed by atoms with Crippen LogP contribution in [-0.2, 0) is 18.1 Å². The van der Waals surface area contributed by atoms with Gasteiger partial charge in [-0.15, -0.1) is 0 Å². The number of nitrogens with two attached hydrogens (primary N) is 1. The lowest BCUT2D eigenvalue weighted by atomic mass is 9.94. The predicted octanol–water partition coefficient (Wildman–Crippen LogP) is 6.69. The van der Waals surface area contributed by atoms with Crippen molar-refractivity contribution >= 4 is 36.0 Å². The zero-order valence-corrected chi connectivity index (χ0v) is 27.1. The molecule has 230 valence electrons. The number of nitrogens with zero attached hydrogens (tertiary/aromatic N) is 4. The van der Waals surface area contributed by atoms with Crippen LogP contribution in [0.3, 0.4) is 0 Å². The third kappa shape index (κ3) is 5.38. The number of aryl methyl sites for hydroxylation is 1. The van der Waals surface area contributed by atoms with E-state index < -0.39 is 20.0 Å². The van der Waals surface area contributed by atoms with Crippen LogP contribution >= 0.6 is 0 Å². The van der Waals surface area contributed by atoms with E-state index in [1.54, 1.807) is 16.9 Å². The fraction of sp³-hybridized carbons (Fsp3) is 0.235. The number of aromatic nitrogens is 5. The summed E-state index contributed by atoms with van der Waals surface area (Å²) >= 11 is 0. The first-order valence-electron chi connectivity index (χ1n) is 14.6. The van der Waals surface area contributed by atoms with Crippen molar-refractivity contribution in [2.45, 2.75) is 45.5 Å². The first-order chi connectivity index (χ1) is 21.2. The highest BCUT2D eigenvalue weighted by Gasteiger charge is 2.37. The predicted molar refractivity (Wildman–Crippen MR) is 177 cm³/mol. The molecule has 3 aromatic heterocycles. The summed E-state index contributed by atoms with van der Waals surface area (Å²) in [5, 5.41) is 5.19. The summed E-state index contributed by atoms with van der Waals surface area (Å²) in [5.74, 6) is -1.06. The summed E-state index contributed by atoms with van der Waals surface area (Å²) in [6.45, 7) is 11.1. The number of amides is 1. The van der Waals surface area contributed by atoms with E-state index in [4.69, 9.17) is 10.2 Å². The second-order valence-corrected chi connectivity index (χ2v) is 17.6. The molecule has 1 amide bonds. The fourth-order valence-electron chi connectivity index (χ4n) is 5.31. The van der Waals surface area contributed by atoms with Gasteiger partial charge in [-0.25, -0.2) is 9.37 Å². The number of halogens is 1. The summed E-state index contributed by atoms with van der Waals surface area (Å²) in [6, 6.07) is 15.2. The fourth-order valence-corrected chi connectivity index (χ4v) is 6.25. The van der Waals surface area contributed by atoms with Crippen LogP contribution in [0.1, 0.15) is 36.7 Å². The smallest absolute Gasteiger partial charge is 0.265 e. The van der Waals surface area contributed by atoms with E-state index >= 15 is 0 Å². The van der Waals surface area contributed by atoms with Gasteiger partial charge in [-0.3, -0.25) is 18.8 Å². The van der Waals surface area contributed by atoms with Gasteiger partial charge in [0.2, 0.25) is 0 Å². The average Bonchev–Trinajstić information content (AvgIpc) is 3.62. The first-order valence-corrected chi connectivity index (χ1v) is 17.5. The number of hydrogen-bond acceptors (Lipinski definition) is 5. The SMILES string of the molecule is Cn1cc(-c2cc3c(-c4cccc(-n5cnc6ccc(F)cc6c5=O)c4CO[Si](C)(C)C(C)(C)C)ccc(C(N)=O)c3[nH]2)cn1. The third-order valence-electron chi connectivity index (χ3n) is 8.88. The molecule has 0 saturated heterocycles. The molecule has 6 aromatic rings. The molecule has 9 nitrogen and oxygen atoms in total. The summed E-state index contributed by atoms with van der Waals surface area (Å²) in [5.41, 5.74) is 11.4. The Morgan fingerprint density at radius 1 is 1.07 bits per heavy atom. The molecule has 11 heteroatoms. The number of H-pyrrole nitrogens is 1. The van der Waals surface area contributed by atoms with Crippen molar-refractivity contribution < 1.29 is 13.6 Å². The van der Waals surface area contributed by atoms with E-state index in [0.29, 0.717) is 22.3 Å². The van der Waals surface area contributed by atoms with Crippen LogP contribution in [0.25, 0.3) is 49.9 Å². The second kappa shape index (κ2) is 10.9. The van der Waals surface area contributed by atoms with E-state index in [-0.39, 0.29) is 22.6 Å². The minimum absolute atomic E-state index is 0.0589. The van der Waals surface area contributed by atoms with Crippen LogP contribution in [-0.4, -0.2) is 38.5 Å². The molecule has 3 aromatic carbocycles. The van der Waals surface area contributed by atoms with Crippen molar-refractivity contribution in [3.05, 3.63) is 101 Å². The lowest BCUT2D eigenvalue weighted by molar-refractivity contribution is 0.100. The molecule has 0 saturated carbocycles. The lowest BCUT2D eigenvalue weighted by Crippen LogP contribution is -2.40. The second-order valence-electron chi connectivity index (χ2n) is 12.8. The Bertz CT molecular complexity index is 2170. The summed E-state index contributed by atoms with van der Waals surface area (Å²) < 4.78 is 24.1. The number of carbonyl (C=O) groups excluding carboxylic acids is 1. The monoisotopic (exact) mass is 622 g/mol. The molecular weight excluding hydrogens is 587 g/mol. The molecule has 0 unspecified atom stereocenters. The van der Waals surface area contributed by atoms with Gasteiger partial charge in [0.05, 0.1) is 40.5 Å². The topological polar surface area (TPSA) is 121 Å². The minimum atomic E-state index is -2.24. The molecule has 0 aliphatic carbocycles. The maximum absolute atomic E-state index is 14.2. The van der Waals surface area contributed by atoms with Crippen LogP contribution in [0.2, 0.25) is 18.1 Å². The Morgan fingerprint density at radius 3 is 2.53 bits per heavy atom. The molecular formula is C34H35FN6O3Si. The van der Waals surface area contributed by atoms with E-state index in [1.807, 2.05) is 43.6 Å². The summed E-state index contributed by atoms with van der Waals surface area (Å²) in [4.78, 5) is 34.1. The molecule has 0 aliphatic heterocycles. The highest BCUT2D eigenvalue weighted by Crippen LogP contribution is 2.40. The number of benzene rings is 3. The zero-order chi connectivity index (χ0) is 32.3. The Hall–Kier alpha value is -4.87. The van der Waals surface area contributed by atoms with Gasteiger partial charge >= 0.3 is 0 Å². The van der Waals surface area contributed by atoms with E-state index in [9.17, 15) is 14.0 Å². The number of rotatable bonds is 7. The molecule has 0 fully saturated rings. The van der Waals surface area contributed by atoms with Gasteiger partial charge in [0.25, 0.3) is 11.5 Å². The van der Waals surface area contributed by atoms with Gasteiger partial charge in [0.15, 0.2) is 8.32 Å². The van der Waals surface area contributed by atoms with E-state index in [1.165, 1.54) is 29.1 Å². The van der Waals surface area contributed by atoms with Crippen LogP contribution < -0.4 is 11.3 Å². The van der Waals surface area contributed by atoms with Crippen molar-refractivity contribution in [3.8, 4) is 28.1 Å². The van der Waals surface area contributed by atoms with Gasteiger partial charge in [0, 0.05) is 35.5 Å². The molecule has 6 rings (SSSR count). The van der Waals surface area contributed by atoms with Crippen LogP contribution in [0.4, 0.5) is 4.39 Å². The molecule has 0 aliphatic rings. The van der Waals surface area contributed by atoms with E-state index in [0.717, 1.165) is 33.3 Å². The summed E-state index contributed by atoms with van der Waals surface area (Å²) in [7, 11) is -0.407. The number of nitrogens with one attached hydrogen (secondary N) is 1. The average molecular weight is 623 g/mol. The highest BCUT2D eigenvalue weighted by atomic mass is 28.4. The Kier molecular flexibility index (Phi) is 7.33. The quantitative estimate of drug-likeness (QED) is 0.192. The van der Waals surface area contributed by atoms with Gasteiger partial charge in [-0.1, -0.05) is 39.0 Å². The van der Waals surface area contributed by atoms with Gasteiger partial charge in [-0.05, 0) is 65.7 Å². The molecule has 3 heterocycles. The normalized spacial score (nSPS) is 12.3. The number of fused-ring (bicyclic) bond motifs is 2. The summed E-state index contributed by atoms with van der Waals surface area (Å²) in [6.07, 6.45) is 5.10. The molecule has 45 heavy (non-hydrogen) atoms. The Morgan fingerprint density at radius 2 is 1.84 bits per heavy atom. The van der Waals surface area contributed by atoms with Crippen molar-refractivity contribution in [3.63, 3.8) is 0 Å². The molecule has 3 N–H and O–H groups in total. The van der Waals surface area contributed by atoms with E-state index in [2.05, 4.69) is 48.9 Å². The van der Waals surface area contributed by atoms with Crippen molar-refractivity contribution in [2.75, 3.05) is 0 Å². The molecule has 0 atom stereocenters. The van der Waals surface area contributed by atoms with Gasteiger partial charge in [0.1, 0.15) is 12.1 Å². The van der Waals surface area contributed by atoms with Crippen molar-refractivity contribution in [2.24, 2.45) is 12.8 Å². The number of hydrogen-bond donors (Lipinski definition) is 2. The van der Waals surface area contributed by atoms with Crippen LogP contribution in [0, 0.1) is 5.82 Å². The standard InChI is InChI=1S/C34H35FN6O3Si/c1-34(2,3)45(5,6)44-18-27-22(8-7-9-30(27)41-19-37-28-13-10-21(35)14-26(28)33(41)43)23-11-12-24(32(36)42)31-25(23)15-29(39-31)20-16-38-40(4)17-20/h7-17,19,39H,18H2,1-6H3,(H2,36,42). The van der Waals surface area contributed by atoms with Crippen LogP contribution in [0.5, 0.6) is 0 Å². The van der Waals surface area contributed by atoms with Gasteiger partial charge < -0.3 is 15.1 Å².